The molecule has 9 aromatic rings. The van der Waals surface area contributed by atoms with Crippen molar-refractivity contribution in [3.63, 3.8) is 0 Å². The van der Waals surface area contributed by atoms with Crippen LogP contribution >= 0.6 is 0 Å². The zero-order chi connectivity index (χ0) is 50.6. The van der Waals surface area contributed by atoms with Crippen LogP contribution < -0.4 is 0 Å². The summed E-state index contributed by atoms with van der Waals surface area (Å²) < 4.78 is 2.31. The first-order valence-electron chi connectivity index (χ1n) is 25.4. The minimum absolute atomic E-state index is 0.0784. The maximum atomic E-state index is 12.6. The minimum Gasteiger partial charge on any atom is -0.507 e. The molecule has 2 aromatic heterocycles. The van der Waals surface area contributed by atoms with Crippen molar-refractivity contribution in [3.8, 4) is 78.6 Å². The number of phenolic OH excluding ortho intramolecular Hbond substituents is 1. The molecule has 7 aromatic carbocycles. The van der Waals surface area contributed by atoms with Crippen molar-refractivity contribution >= 4 is 11.0 Å². The topological polar surface area (TPSA) is 50.9 Å². The van der Waals surface area contributed by atoms with E-state index in [0.29, 0.717) is 11.4 Å². The molecule has 0 bridgehead atoms. The number of nitrogens with zero attached hydrogens (tertiary/aromatic N) is 3. The second kappa shape index (κ2) is 16.8. The molecule has 0 radical (unpaired) electrons. The smallest absolute Gasteiger partial charge is 0.149 e. The van der Waals surface area contributed by atoms with Crippen molar-refractivity contribution in [1.29, 1.82) is 0 Å². The van der Waals surface area contributed by atoms with Crippen LogP contribution in [0.3, 0.4) is 0 Å². The molecule has 71 heavy (non-hydrogen) atoms. The van der Waals surface area contributed by atoms with E-state index < -0.39 is 0 Å². The van der Waals surface area contributed by atoms with E-state index in [-0.39, 0.29) is 32.8 Å². The Morgan fingerprint density at radius 1 is 0.437 bits per heavy atom. The fourth-order valence-electron chi connectivity index (χ4n) is 10.6. The van der Waals surface area contributed by atoms with Gasteiger partial charge in [-0.25, -0.2) is 4.98 Å². The van der Waals surface area contributed by atoms with Gasteiger partial charge in [0.25, 0.3) is 0 Å². The van der Waals surface area contributed by atoms with Gasteiger partial charge in [0.2, 0.25) is 0 Å². The average Bonchev–Trinajstić information content (AvgIpc) is 3.82. The number of aromatic nitrogens is 3. The van der Waals surface area contributed by atoms with Crippen LogP contribution in [0, 0.1) is 0 Å². The summed E-state index contributed by atoms with van der Waals surface area (Å²) in [6.07, 6.45) is 2.12. The first kappa shape index (κ1) is 47.6. The summed E-state index contributed by atoms with van der Waals surface area (Å²) in [6.45, 7) is 31.6. The highest BCUT2D eigenvalue weighted by atomic mass is 16.3. The van der Waals surface area contributed by atoms with E-state index in [1.165, 1.54) is 44.5 Å². The molecular formula is C67H69N3O. The summed E-state index contributed by atoms with van der Waals surface area (Å²) in [7, 11) is 0. The molecule has 1 aliphatic rings. The van der Waals surface area contributed by atoms with Crippen LogP contribution in [0.5, 0.6) is 5.75 Å². The third-order valence-electron chi connectivity index (χ3n) is 15.0. The Labute approximate surface area is 422 Å². The van der Waals surface area contributed by atoms with Crippen molar-refractivity contribution in [2.75, 3.05) is 0 Å². The highest BCUT2D eigenvalue weighted by Crippen LogP contribution is 2.51. The number of aromatic hydroxyl groups is 1. The van der Waals surface area contributed by atoms with Crippen molar-refractivity contribution in [2.45, 2.75) is 124 Å². The van der Waals surface area contributed by atoms with Crippen LogP contribution in [-0.2, 0) is 27.1 Å². The highest BCUT2D eigenvalue weighted by molar-refractivity contribution is 5.98. The van der Waals surface area contributed by atoms with Crippen LogP contribution in [0.25, 0.3) is 83.9 Å². The molecule has 0 amide bonds. The van der Waals surface area contributed by atoms with Gasteiger partial charge < -0.3 is 5.11 Å². The number of hydrogen-bond acceptors (Lipinski definition) is 3. The number of para-hydroxylation sites is 1. The number of phenols is 1. The van der Waals surface area contributed by atoms with E-state index in [0.717, 1.165) is 61.4 Å². The SMILES string of the molecule is CC(C)(C)c1cc(-c2cc3c(cn2)C(C)(C)c2cc(-c4ccccc4)ccc2-3)cc(-c2cccc3c2nc(-c2cc(C(C)(C)C)cc(C(C)(C)C)c2O)n3-c2ccc(C(C)(C)C)cc2-c2ccccc2)c1. The van der Waals surface area contributed by atoms with Gasteiger partial charge in [0, 0.05) is 33.9 Å². The number of hydrogen-bond donors (Lipinski definition) is 1. The Balaban J connectivity index is 1.23. The van der Waals surface area contributed by atoms with Gasteiger partial charge in [-0.3, -0.25) is 9.55 Å². The van der Waals surface area contributed by atoms with Crippen molar-refractivity contribution in [2.24, 2.45) is 0 Å². The molecular weight excluding hydrogens is 863 g/mol. The number of rotatable bonds is 6. The van der Waals surface area contributed by atoms with Gasteiger partial charge in [-0.1, -0.05) is 200 Å². The Morgan fingerprint density at radius 2 is 1.06 bits per heavy atom. The molecule has 1 aliphatic carbocycles. The van der Waals surface area contributed by atoms with Crippen molar-refractivity contribution in [1.82, 2.24) is 14.5 Å². The summed E-state index contributed by atoms with van der Waals surface area (Å²) in [6, 6.07) is 55.4. The molecule has 1 N–H and O–H groups in total. The van der Waals surface area contributed by atoms with Gasteiger partial charge in [-0.2, -0.15) is 0 Å². The maximum Gasteiger partial charge on any atom is 0.149 e. The van der Waals surface area contributed by atoms with Crippen molar-refractivity contribution < 1.29 is 5.11 Å². The van der Waals surface area contributed by atoms with E-state index in [9.17, 15) is 5.11 Å². The largest absolute Gasteiger partial charge is 0.507 e. The van der Waals surface area contributed by atoms with E-state index in [4.69, 9.17) is 9.97 Å². The quantitative estimate of drug-likeness (QED) is 0.181. The highest BCUT2D eigenvalue weighted by Gasteiger charge is 2.37. The first-order chi connectivity index (χ1) is 33.4. The van der Waals surface area contributed by atoms with E-state index in [1.54, 1.807) is 0 Å². The van der Waals surface area contributed by atoms with Gasteiger partial charge in [0.05, 0.1) is 28.0 Å². The Bertz CT molecular complexity index is 3530. The van der Waals surface area contributed by atoms with Gasteiger partial charge >= 0.3 is 0 Å². The Morgan fingerprint density at radius 3 is 1.70 bits per heavy atom. The lowest BCUT2D eigenvalue weighted by atomic mass is 9.79. The molecule has 0 fully saturated rings. The predicted octanol–water partition coefficient (Wildman–Crippen LogP) is 18.0. The lowest BCUT2D eigenvalue weighted by Crippen LogP contribution is -2.17. The second-order valence-electron chi connectivity index (χ2n) is 24.6. The standard InChI is InChI=1S/C67H69N3O/c1-63(2,3)46-29-31-58(51(36-46)42-24-19-16-20-25-42)70-59-27-21-26-49(60(59)69-62(70)53-37-48(65(7,8)9)38-55(61(53)71)66(10,11)12)44-32-45(34-47(33-44)64(4,5)6)57-39-52-50-30-28-43(41-22-17-15-18-23-41)35-54(50)67(13,14)56(52)40-68-57/h15-40,71H,1-14H3. The third kappa shape index (κ3) is 8.49. The lowest BCUT2D eigenvalue weighted by molar-refractivity contribution is 0.446. The average molecular weight is 932 g/mol. The zero-order valence-corrected chi connectivity index (χ0v) is 44.3. The summed E-state index contributed by atoms with van der Waals surface area (Å²) in [5, 5.41) is 12.6. The molecule has 10 rings (SSSR count). The Hall–Kier alpha value is -7.04. The summed E-state index contributed by atoms with van der Waals surface area (Å²) in [5.41, 5.74) is 20.9. The maximum absolute atomic E-state index is 12.6. The minimum atomic E-state index is -0.329. The van der Waals surface area contributed by atoms with E-state index in [1.807, 2.05) is 0 Å². The third-order valence-corrected chi connectivity index (χ3v) is 15.0. The summed E-state index contributed by atoms with van der Waals surface area (Å²) >= 11 is 0. The van der Waals surface area contributed by atoms with E-state index >= 15 is 0 Å². The molecule has 0 saturated carbocycles. The van der Waals surface area contributed by atoms with Crippen LogP contribution in [-0.4, -0.2) is 19.6 Å². The monoisotopic (exact) mass is 932 g/mol. The summed E-state index contributed by atoms with van der Waals surface area (Å²) in [5.74, 6) is 0.961. The van der Waals surface area contributed by atoms with Gasteiger partial charge in [0.15, 0.2) is 0 Å². The van der Waals surface area contributed by atoms with E-state index in [2.05, 4.69) is 259 Å². The molecule has 4 heteroatoms. The van der Waals surface area contributed by atoms with Crippen LogP contribution in [0.2, 0.25) is 0 Å². The molecule has 4 nitrogen and oxygen atoms in total. The molecule has 0 unspecified atom stereocenters. The zero-order valence-electron chi connectivity index (χ0n) is 44.3. The van der Waals surface area contributed by atoms with Gasteiger partial charge in [-0.05, 0) is 131 Å². The van der Waals surface area contributed by atoms with Crippen LogP contribution in [0.15, 0.2) is 158 Å². The fraction of sp³-hybridized carbons (Fsp3) is 0.284. The second-order valence-corrected chi connectivity index (χ2v) is 24.6. The van der Waals surface area contributed by atoms with Crippen LogP contribution in [0.1, 0.15) is 130 Å². The predicted molar refractivity (Wildman–Crippen MR) is 300 cm³/mol. The number of imidazole rings is 1. The lowest BCUT2D eigenvalue weighted by Gasteiger charge is -2.28. The molecule has 2 heterocycles. The fourth-order valence-corrected chi connectivity index (χ4v) is 10.6. The normalized spacial score (nSPS) is 13.7. The number of fused-ring (bicyclic) bond motifs is 4. The summed E-state index contributed by atoms with van der Waals surface area (Å²) in [4.78, 5) is 11.0. The molecule has 0 aliphatic heterocycles. The molecule has 0 atom stereocenters. The number of benzene rings is 7. The van der Waals surface area contributed by atoms with Crippen molar-refractivity contribution in [3.05, 3.63) is 191 Å². The molecule has 0 saturated heterocycles. The molecule has 358 valence electrons. The first-order valence-corrected chi connectivity index (χ1v) is 25.4. The Kier molecular flexibility index (Phi) is 11.3. The van der Waals surface area contributed by atoms with Crippen LogP contribution in [0.4, 0.5) is 0 Å². The number of pyridine rings is 1. The molecule has 0 spiro atoms. The van der Waals surface area contributed by atoms with Gasteiger partial charge in [0.1, 0.15) is 11.6 Å². The van der Waals surface area contributed by atoms with Gasteiger partial charge in [-0.15, -0.1) is 0 Å².